The number of aromatic amines is 2. The molecule has 4 N–H and O–H groups in total. The van der Waals surface area contributed by atoms with Crippen LogP contribution in [0.4, 0.5) is 11.4 Å². The summed E-state index contributed by atoms with van der Waals surface area (Å²) in [6.07, 6.45) is 0. The minimum Gasteiger partial charge on any atom is -0.321 e. The Balaban J connectivity index is 1.65. The zero-order chi connectivity index (χ0) is 21.3. The number of halogens is 1. The normalized spacial score (nSPS) is 11.4. The maximum Gasteiger partial charge on any atom is 0.323 e. The number of hydrogen-bond donors (Lipinski definition) is 4. The van der Waals surface area contributed by atoms with Gasteiger partial charge in [0.05, 0.1) is 37.9 Å². The van der Waals surface area contributed by atoms with E-state index in [1.807, 2.05) is 0 Å². The van der Waals surface area contributed by atoms with E-state index in [1.165, 1.54) is 30.3 Å². The van der Waals surface area contributed by atoms with Gasteiger partial charge in [-0.2, -0.15) is 0 Å². The van der Waals surface area contributed by atoms with Gasteiger partial charge < -0.3 is 15.3 Å². The Morgan fingerprint density at radius 2 is 1.53 bits per heavy atom. The summed E-state index contributed by atoms with van der Waals surface area (Å²) >= 11 is 6.08. The Hall–Kier alpha value is -3.56. The molecule has 1 amide bonds. The molecular formula is C20H15ClN4O4S. The van der Waals surface area contributed by atoms with Gasteiger partial charge in [-0.15, -0.1) is 0 Å². The van der Waals surface area contributed by atoms with E-state index >= 15 is 0 Å². The number of hydrogen-bond acceptors (Lipinski definition) is 4. The van der Waals surface area contributed by atoms with Gasteiger partial charge in [0.2, 0.25) is 0 Å². The number of H-pyrrole nitrogens is 2. The fourth-order valence-electron chi connectivity index (χ4n) is 2.90. The van der Waals surface area contributed by atoms with Gasteiger partial charge in [0, 0.05) is 0 Å². The number of anilines is 2. The molecule has 4 rings (SSSR count). The Morgan fingerprint density at radius 1 is 0.867 bits per heavy atom. The van der Waals surface area contributed by atoms with Crippen molar-refractivity contribution < 1.29 is 13.2 Å². The maximum atomic E-state index is 12.9. The van der Waals surface area contributed by atoms with Crippen LogP contribution in [0.15, 0.2) is 76.4 Å². The van der Waals surface area contributed by atoms with Crippen molar-refractivity contribution in [3.8, 4) is 0 Å². The summed E-state index contributed by atoms with van der Waals surface area (Å²) in [6.45, 7) is 0. The highest BCUT2D eigenvalue weighted by atomic mass is 35.5. The highest BCUT2D eigenvalue weighted by Gasteiger charge is 2.20. The minimum absolute atomic E-state index is 0.0634. The van der Waals surface area contributed by atoms with Crippen LogP contribution in [0.1, 0.15) is 10.4 Å². The largest absolute Gasteiger partial charge is 0.323 e. The van der Waals surface area contributed by atoms with E-state index in [1.54, 1.807) is 36.4 Å². The summed E-state index contributed by atoms with van der Waals surface area (Å²) in [5.41, 5.74) is 1.03. The molecule has 4 aromatic rings. The third kappa shape index (κ3) is 3.93. The zero-order valence-electron chi connectivity index (χ0n) is 15.3. The molecular weight excluding hydrogens is 428 g/mol. The molecule has 0 fully saturated rings. The van der Waals surface area contributed by atoms with E-state index in [0.717, 1.165) is 0 Å². The molecule has 0 unspecified atom stereocenters. The topological polar surface area (TPSA) is 124 Å². The number of nitrogens with one attached hydrogen (secondary N) is 4. The molecule has 0 radical (unpaired) electrons. The number of carbonyl (C=O) groups excluding carboxylic acids is 1. The number of fused-ring (bicyclic) bond motifs is 1. The molecule has 1 heterocycles. The first-order valence-electron chi connectivity index (χ1n) is 8.73. The number of aromatic nitrogens is 2. The molecule has 0 spiro atoms. The predicted molar refractivity (Wildman–Crippen MR) is 116 cm³/mol. The van der Waals surface area contributed by atoms with Crippen LogP contribution in [-0.2, 0) is 10.0 Å². The van der Waals surface area contributed by atoms with Gasteiger partial charge in [0.1, 0.15) is 0 Å². The van der Waals surface area contributed by atoms with Gasteiger partial charge in [-0.25, -0.2) is 13.2 Å². The summed E-state index contributed by atoms with van der Waals surface area (Å²) in [7, 11) is -4.02. The van der Waals surface area contributed by atoms with E-state index in [2.05, 4.69) is 20.0 Å². The summed E-state index contributed by atoms with van der Waals surface area (Å²) in [5, 5.41) is 3.03. The first-order chi connectivity index (χ1) is 14.3. The standard InChI is InChI=1S/C20H15ClN4O4S/c21-14-6-2-4-8-16(14)22-19(26)13-5-1-3-7-15(13)25-30(28,29)12-9-10-17-18(11-12)24-20(27)23-17/h1-11,25H,(H,22,26)(H2,23,24,27). The summed E-state index contributed by atoms with van der Waals surface area (Å²) in [6, 6.07) is 17.1. The number of sulfonamides is 1. The quantitative estimate of drug-likeness (QED) is 0.377. The lowest BCUT2D eigenvalue weighted by Crippen LogP contribution is -2.18. The molecule has 0 aliphatic heterocycles. The van der Waals surface area contributed by atoms with Crippen molar-refractivity contribution >= 4 is 49.9 Å². The van der Waals surface area contributed by atoms with Gasteiger partial charge in [0.15, 0.2) is 0 Å². The van der Waals surface area contributed by atoms with Crippen molar-refractivity contribution in [2.45, 2.75) is 4.90 Å². The number of imidazole rings is 1. The summed E-state index contributed by atoms with van der Waals surface area (Å²) < 4.78 is 28.2. The predicted octanol–water partition coefficient (Wildman–Crippen LogP) is 3.56. The Kier molecular flexibility index (Phi) is 5.06. The molecule has 1 aromatic heterocycles. The summed E-state index contributed by atoms with van der Waals surface area (Å²) in [4.78, 5) is 29.1. The molecule has 0 saturated heterocycles. The molecule has 10 heteroatoms. The fourth-order valence-corrected chi connectivity index (χ4v) is 4.19. The van der Waals surface area contributed by atoms with E-state index in [-0.39, 0.29) is 16.1 Å². The van der Waals surface area contributed by atoms with Crippen LogP contribution in [0.5, 0.6) is 0 Å². The van der Waals surface area contributed by atoms with Gasteiger partial charge in [0.25, 0.3) is 15.9 Å². The second-order valence-corrected chi connectivity index (χ2v) is 8.46. The van der Waals surface area contributed by atoms with E-state index < -0.39 is 21.6 Å². The maximum absolute atomic E-state index is 12.9. The molecule has 152 valence electrons. The van der Waals surface area contributed by atoms with Gasteiger partial charge in [-0.1, -0.05) is 35.9 Å². The molecule has 30 heavy (non-hydrogen) atoms. The van der Waals surface area contributed by atoms with Gasteiger partial charge >= 0.3 is 5.69 Å². The van der Waals surface area contributed by atoms with Crippen molar-refractivity contribution in [2.24, 2.45) is 0 Å². The van der Waals surface area contributed by atoms with Crippen molar-refractivity contribution in [2.75, 3.05) is 10.0 Å². The highest BCUT2D eigenvalue weighted by Crippen LogP contribution is 2.25. The van der Waals surface area contributed by atoms with E-state index in [4.69, 9.17) is 11.6 Å². The molecule has 0 atom stereocenters. The number of carbonyl (C=O) groups is 1. The molecule has 3 aromatic carbocycles. The monoisotopic (exact) mass is 442 g/mol. The number of amides is 1. The van der Waals surface area contributed by atoms with Crippen LogP contribution >= 0.6 is 11.6 Å². The Bertz CT molecular complexity index is 1430. The molecule has 8 nitrogen and oxygen atoms in total. The van der Waals surface area contributed by atoms with Crippen molar-refractivity contribution in [3.63, 3.8) is 0 Å². The second-order valence-electron chi connectivity index (χ2n) is 6.37. The van der Waals surface area contributed by atoms with Crippen LogP contribution in [0, 0.1) is 0 Å². The SMILES string of the molecule is O=C(Nc1ccccc1Cl)c1ccccc1NS(=O)(=O)c1ccc2[nH]c(=O)[nH]c2c1. The molecule has 0 saturated carbocycles. The highest BCUT2D eigenvalue weighted by molar-refractivity contribution is 7.92. The number of benzene rings is 3. The van der Waals surface area contributed by atoms with Crippen LogP contribution in [0.25, 0.3) is 11.0 Å². The van der Waals surface area contributed by atoms with Crippen LogP contribution in [0.3, 0.4) is 0 Å². The van der Waals surface area contributed by atoms with Crippen molar-refractivity contribution in [3.05, 3.63) is 87.8 Å². The van der Waals surface area contributed by atoms with E-state index in [9.17, 15) is 18.0 Å². The lowest BCUT2D eigenvalue weighted by atomic mass is 10.1. The zero-order valence-corrected chi connectivity index (χ0v) is 16.8. The fraction of sp³-hybridized carbons (Fsp3) is 0. The third-order valence-electron chi connectivity index (χ3n) is 4.34. The molecule has 0 aliphatic rings. The van der Waals surface area contributed by atoms with E-state index in [0.29, 0.717) is 21.7 Å². The first-order valence-corrected chi connectivity index (χ1v) is 10.6. The van der Waals surface area contributed by atoms with Crippen molar-refractivity contribution in [1.29, 1.82) is 0 Å². The second kappa shape index (κ2) is 7.69. The molecule has 0 aliphatic carbocycles. The van der Waals surface area contributed by atoms with Crippen LogP contribution in [0.2, 0.25) is 5.02 Å². The van der Waals surface area contributed by atoms with Gasteiger partial charge in [-0.3, -0.25) is 9.52 Å². The number of rotatable bonds is 5. The Labute approximate surface area is 176 Å². The lowest BCUT2D eigenvalue weighted by molar-refractivity contribution is 0.102. The smallest absolute Gasteiger partial charge is 0.321 e. The third-order valence-corrected chi connectivity index (χ3v) is 6.03. The minimum atomic E-state index is -4.02. The van der Waals surface area contributed by atoms with Crippen LogP contribution < -0.4 is 15.7 Å². The summed E-state index contributed by atoms with van der Waals surface area (Å²) in [5.74, 6) is -0.521. The lowest BCUT2D eigenvalue weighted by Gasteiger charge is -2.13. The van der Waals surface area contributed by atoms with Crippen LogP contribution in [-0.4, -0.2) is 24.3 Å². The van der Waals surface area contributed by atoms with Gasteiger partial charge in [-0.05, 0) is 42.5 Å². The van der Waals surface area contributed by atoms with Crippen molar-refractivity contribution in [1.82, 2.24) is 9.97 Å². The average Bonchev–Trinajstić information content (AvgIpc) is 3.09. The first kappa shape index (κ1) is 19.7. The molecule has 0 bridgehead atoms. The number of para-hydroxylation sites is 2. The average molecular weight is 443 g/mol. The Morgan fingerprint density at radius 3 is 2.30 bits per heavy atom.